The fraction of sp³-hybridized carbons (Fsp3) is 0.455. The van der Waals surface area contributed by atoms with Gasteiger partial charge >= 0.3 is 0 Å². The lowest BCUT2D eigenvalue weighted by atomic mass is 10.1. The molecule has 2 nitrogen and oxygen atoms in total. The summed E-state index contributed by atoms with van der Waals surface area (Å²) in [6.45, 7) is 4.09. The average molecular weight is 257 g/mol. The molecule has 0 aromatic heterocycles. The molecule has 0 saturated carbocycles. The second kappa shape index (κ2) is 6.17. The topological polar surface area (TPSA) is 24.1 Å². The van der Waals surface area contributed by atoms with Crippen LogP contribution >= 0.6 is 15.9 Å². The molecular weight excluding hydrogens is 240 g/mol. The van der Waals surface area contributed by atoms with Crippen LogP contribution in [0.4, 0.5) is 0 Å². The minimum absolute atomic E-state index is 0.392. The predicted octanol–water partition coefficient (Wildman–Crippen LogP) is 2.32. The van der Waals surface area contributed by atoms with E-state index in [1.165, 1.54) is 5.56 Å². The molecule has 1 aromatic carbocycles. The molecule has 0 aliphatic rings. The molecule has 0 heterocycles. The number of hydrogen-bond donors (Lipinski definition) is 2. The maximum absolute atomic E-state index is 3.43. The summed E-state index contributed by atoms with van der Waals surface area (Å²) in [7, 11) is 1.99. The summed E-state index contributed by atoms with van der Waals surface area (Å²) in [5.41, 5.74) is 1.32. The second-order valence-electron chi connectivity index (χ2n) is 3.20. The van der Waals surface area contributed by atoms with Crippen LogP contribution in [0.1, 0.15) is 18.5 Å². The third-order valence-corrected chi connectivity index (χ3v) is 2.75. The van der Waals surface area contributed by atoms with Crippen molar-refractivity contribution in [2.45, 2.75) is 13.0 Å². The van der Waals surface area contributed by atoms with Gasteiger partial charge in [0.25, 0.3) is 0 Å². The molecule has 2 N–H and O–H groups in total. The van der Waals surface area contributed by atoms with Crippen molar-refractivity contribution in [2.75, 3.05) is 20.1 Å². The SMILES string of the molecule is CCNCC(NC)c1ccc(Br)cc1. The Bertz CT molecular complexity index is 258. The van der Waals surface area contributed by atoms with Crippen LogP contribution in [0.15, 0.2) is 28.7 Å². The van der Waals surface area contributed by atoms with E-state index in [9.17, 15) is 0 Å². The highest BCUT2D eigenvalue weighted by Crippen LogP contribution is 2.15. The van der Waals surface area contributed by atoms with Crippen molar-refractivity contribution in [3.05, 3.63) is 34.3 Å². The van der Waals surface area contributed by atoms with Crippen molar-refractivity contribution in [1.29, 1.82) is 0 Å². The van der Waals surface area contributed by atoms with Crippen molar-refractivity contribution >= 4 is 15.9 Å². The van der Waals surface area contributed by atoms with E-state index in [0.717, 1.165) is 17.6 Å². The normalized spacial score (nSPS) is 12.8. The lowest BCUT2D eigenvalue weighted by Gasteiger charge is -2.16. The first kappa shape index (κ1) is 11.7. The Morgan fingerprint density at radius 1 is 1.29 bits per heavy atom. The molecule has 0 fully saturated rings. The molecule has 0 spiro atoms. The van der Waals surface area contributed by atoms with Gasteiger partial charge in [0.05, 0.1) is 0 Å². The molecule has 0 aliphatic carbocycles. The molecular formula is C11H17BrN2. The molecule has 1 aromatic rings. The lowest BCUT2D eigenvalue weighted by Crippen LogP contribution is -2.29. The number of likely N-dealkylation sites (N-methyl/N-ethyl adjacent to an activating group) is 2. The first-order valence-electron chi connectivity index (χ1n) is 4.91. The Kier molecular flexibility index (Phi) is 5.15. The van der Waals surface area contributed by atoms with Crippen molar-refractivity contribution in [3.8, 4) is 0 Å². The summed E-state index contributed by atoms with van der Waals surface area (Å²) in [6.07, 6.45) is 0. The zero-order valence-corrected chi connectivity index (χ0v) is 10.3. The van der Waals surface area contributed by atoms with Gasteiger partial charge in [-0.3, -0.25) is 0 Å². The van der Waals surface area contributed by atoms with Crippen LogP contribution in [0, 0.1) is 0 Å². The van der Waals surface area contributed by atoms with Crippen molar-refractivity contribution < 1.29 is 0 Å². The lowest BCUT2D eigenvalue weighted by molar-refractivity contribution is 0.538. The molecule has 78 valence electrons. The summed E-state index contributed by atoms with van der Waals surface area (Å²) in [5.74, 6) is 0. The van der Waals surface area contributed by atoms with E-state index in [0.29, 0.717) is 6.04 Å². The van der Waals surface area contributed by atoms with Gasteiger partial charge in [0.2, 0.25) is 0 Å². The van der Waals surface area contributed by atoms with Gasteiger partial charge in [-0.2, -0.15) is 0 Å². The van der Waals surface area contributed by atoms with Crippen LogP contribution in [0.25, 0.3) is 0 Å². The molecule has 0 amide bonds. The maximum atomic E-state index is 3.43. The molecule has 0 bridgehead atoms. The monoisotopic (exact) mass is 256 g/mol. The zero-order chi connectivity index (χ0) is 10.4. The van der Waals surface area contributed by atoms with E-state index in [1.54, 1.807) is 0 Å². The van der Waals surface area contributed by atoms with Gasteiger partial charge in [-0.1, -0.05) is 35.0 Å². The molecule has 0 saturated heterocycles. The standard InChI is InChI=1S/C11H17BrN2/c1-3-14-8-11(13-2)9-4-6-10(12)7-5-9/h4-7,11,13-14H,3,8H2,1-2H3. The van der Waals surface area contributed by atoms with Crippen LogP contribution in [0.5, 0.6) is 0 Å². The van der Waals surface area contributed by atoms with Gasteiger partial charge in [-0.05, 0) is 31.3 Å². The Hall–Kier alpha value is -0.380. The van der Waals surface area contributed by atoms with Gasteiger partial charge < -0.3 is 10.6 Å². The Morgan fingerprint density at radius 3 is 2.43 bits per heavy atom. The summed E-state index contributed by atoms with van der Waals surface area (Å²) in [4.78, 5) is 0. The number of benzene rings is 1. The summed E-state index contributed by atoms with van der Waals surface area (Å²) < 4.78 is 1.12. The van der Waals surface area contributed by atoms with E-state index >= 15 is 0 Å². The summed E-state index contributed by atoms with van der Waals surface area (Å²) >= 11 is 3.43. The number of nitrogens with one attached hydrogen (secondary N) is 2. The largest absolute Gasteiger partial charge is 0.315 e. The zero-order valence-electron chi connectivity index (χ0n) is 8.68. The van der Waals surface area contributed by atoms with Gasteiger partial charge in [0, 0.05) is 17.1 Å². The third-order valence-electron chi connectivity index (χ3n) is 2.22. The van der Waals surface area contributed by atoms with Crippen LogP contribution < -0.4 is 10.6 Å². The quantitative estimate of drug-likeness (QED) is 0.845. The van der Waals surface area contributed by atoms with E-state index in [2.05, 4.69) is 57.8 Å². The van der Waals surface area contributed by atoms with Crippen LogP contribution in [0.3, 0.4) is 0 Å². The van der Waals surface area contributed by atoms with E-state index in [1.807, 2.05) is 7.05 Å². The van der Waals surface area contributed by atoms with Crippen LogP contribution in [0.2, 0.25) is 0 Å². The molecule has 14 heavy (non-hydrogen) atoms. The minimum Gasteiger partial charge on any atom is -0.315 e. The molecule has 1 unspecified atom stereocenters. The number of halogens is 1. The van der Waals surface area contributed by atoms with Gasteiger partial charge in [0.1, 0.15) is 0 Å². The highest BCUT2D eigenvalue weighted by molar-refractivity contribution is 9.10. The first-order valence-corrected chi connectivity index (χ1v) is 5.70. The Balaban J connectivity index is 2.64. The molecule has 1 rings (SSSR count). The fourth-order valence-corrected chi connectivity index (χ4v) is 1.63. The molecule has 1 atom stereocenters. The third kappa shape index (κ3) is 3.40. The molecule has 0 radical (unpaired) electrons. The van der Waals surface area contributed by atoms with Crippen molar-refractivity contribution in [3.63, 3.8) is 0 Å². The highest BCUT2D eigenvalue weighted by Gasteiger charge is 2.06. The van der Waals surface area contributed by atoms with E-state index < -0.39 is 0 Å². The summed E-state index contributed by atoms with van der Waals surface area (Å²) in [6, 6.07) is 8.82. The van der Waals surface area contributed by atoms with Crippen LogP contribution in [-0.2, 0) is 0 Å². The van der Waals surface area contributed by atoms with E-state index in [-0.39, 0.29) is 0 Å². The maximum Gasteiger partial charge on any atom is 0.0444 e. The number of hydrogen-bond acceptors (Lipinski definition) is 2. The van der Waals surface area contributed by atoms with Crippen molar-refractivity contribution in [2.24, 2.45) is 0 Å². The van der Waals surface area contributed by atoms with Gasteiger partial charge in [-0.15, -0.1) is 0 Å². The first-order chi connectivity index (χ1) is 6.77. The minimum atomic E-state index is 0.392. The van der Waals surface area contributed by atoms with Gasteiger partial charge in [0.15, 0.2) is 0 Å². The number of rotatable bonds is 5. The smallest absolute Gasteiger partial charge is 0.0444 e. The summed E-state index contributed by atoms with van der Waals surface area (Å²) in [5, 5.41) is 6.63. The molecule has 0 aliphatic heterocycles. The Morgan fingerprint density at radius 2 is 1.93 bits per heavy atom. The predicted molar refractivity (Wildman–Crippen MR) is 64.5 cm³/mol. The van der Waals surface area contributed by atoms with Crippen molar-refractivity contribution in [1.82, 2.24) is 10.6 Å². The average Bonchev–Trinajstić information content (AvgIpc) is 2.21. The molecule has 3 heteroatoms. The Labute approximate surface area is 94.2 Å². The van der Waals surface area contributed by atoms with Gasteiger partial charge in [-0.25, -0.2) is 0 Å². The second-order valence-corrected chi connectivity index (χ2v) is 4.12. The fourth-order valence-electron chi connectivity index (χ4n) is 1.37. The van der Waals surface area contributed by atoms with E-state index in [4.69, 9.17) is 0 Å². The highest BCUT2D eigenvalue weighted by atomic mass is 79.9. The van der Waals surface area contributed by atoms with Crippen LogP contribution in [-0.4, -0.2) is 20.1 Å².